The largest absolute Gasteiger partial charge is 0.312 e. The van der Waals surface area contributed by atoms with E-state index < -0.39 is 0 Å². The number of hydrogen-bond donors (Lipinski definition) is 1. The summed E-state index contributed by atoms with van der Waals surface area (Å²) in [5.74, 6) is -0.151. The molecule has 0 unspecified atom stereocenters. The number of fused-ring (bicyclic) bond motifs is 1. The molecule has 2 heterocycles. The summed E-state index contributed by atoms with van der Waals surface area (Å²) in [6.07, 6.45) is 0.690. The molecule has 1 amide bonds. The van der Waals surface area contributed by atoms with Crippen molar-refractivity contribution in [2.45, 2.75) is 39.5 Å². The molecule has 0 spiro atoms. The Morgan fingerprint density at radius 3 is 2.48 bits per heavy atom. The summed E-state index contributed by atoms with van der Waals surface area (Å²) in [6.45, 7) is 8.30. The van der Waals surface area contributed by atoms with Crippen molar-refractivity contribution in [1.29, 1.82) is 5.26 Å². The lowest BCUT2D eigenvalue weighted by atomic mass is 9.86. The van der Waals surface area contributed by atoms with Gasteiger partial charge in [-0.3, -0.25) is 4.79 Å². The van der Waals surface area contributed by atoms with Gasteiger partial charge in [0.05, 0.1) is 10.4 Å². The highest BCUT2D eigenvalue weighted by Crippen LogP contribution is 2.37. The van der Waals surface area contributed by atoms with Gasteiger partial charge in [0.1, 0.15) is 11.1 Å². The molecule has 0 aliphatic carbocycles. The summed E-state index contributed by atoms with van der Waals surface area (Å²) in [5.41, 5.74) is 4.80. The molecular formula is C26H24N2OS2. The molecule has 0 saturated heterocycles. The van der Waals surface area contributed by atoms with Crippen molar-refractivity contribution in [2.75, 3.05) is 5.32 Å². The van der Waals surface area contributed by atoms with Crippen LogP contribution in [-0.2, 0) is 11.8 Å². The highest BCUT2D eigenvalue weighted by Gasteiger charge is 2.25. The summed E-state index contributed by atoms with van der Waals surface area (Å²) in [5, 5.41) is 16.5. The number of anilines is 1. The molecule has 2 aromatic carbocycles. The van der Waals surface area contributed by atoms with Crippen molar-refractivity contribution in [2.24, 2.45) is 0 Å². The summed E-state index contributed by atoms with van der Waals surface area (Å²) < 4.78 is 1.09. The van der Waals surface area contributed by atoms with Crippen LogP contribution in [0, 0.1) is 18.3 Å². The summed E-state index contributed by atoms with van der Waals surface area (Å²) in [4.78, 5) is 14.1. The molecule has 156 valence electrons. The maximum absolute atomic E-state index is 13.4. The van der Waals surface area contributed by atoms with E-state index in [2.05, 4.69) is 75.5 Å². The number of aryl methyl sites for hydroxylation is 1. The van der Waals surface area contributed by atoms with Gasteiger partial charge in [-0.15, -0.1) is 22.7 Å². The minimum atomic E-state index is -0.154. The molecule has 4 rings (SSSR count). The van der Waals surface area contributed by atoms with Gasteiger partial charge in [-0.05, 0) is 52.3 Å². The molecule has 0 fully saturated rings. The number of nitriles is 1. The van der Waals surface area contributed by atoms with E-state index in [1.165, 1.54) is 33.8 Å². The van der Waals surface area contributed by atoms with Crippen LogP contribution in [0.25, 0.3) is 10.1 Å². The van der Waals surface area contributed by atoms with Crippen LogP contribution in [0.5, 0.6) is 0 Å². The summed E-state index contributed by atoms with van der Waals surface area (Å²) in [6, 6.07) is 18.9. The molecule has 0 bridgehead atoms. The van der Waals surface area contributed by atoms with Crippen molar-refractivity contribution in [3.8, 4) is 6.07 Å². The van der Waals surface area contributed by atoms with Gasteiger partial charge in [0, 0.05) is 4.70 Å². The maximum Gasteiger partial charge on any atom is 0.266 e. The van der Waals surface area contributed by atoms with Crippen LogP contribution in [0.15, 0.2) is 53.9 Å². The second kappa shape index (κ2) is 8.30. The third kappa shape index (κ3) is 4.27. The third-order valence-electron chi connectivity index (χ3n) is 5.34. The smallest absolute Gasteiger partial charge is 0.266 e. The predicted molar refractivity (Wildman–Crippen MR) is 131 cm³/mol. The molecular weight excluding hydrogens is 420 g/mol. The number of amides is 1. The second-order valence-electron chi connectivity index (χ2n) is 8.74. The number of carbonyl (C=O) groups excluding carboxylic acids is 1. The Morgan fingerprint density at radius 2 is 1.81 bits per heavy atom. The van der Waals surface area contributed by atoms with Crippen molar-refractivity contribution in [3.63, 3.8) is 0 Å². The fraction of sp³-hybridized carbons (Fsp3) is 0.231. The Bertz CT molecular complexity index is 1300. The van der Waals surface area contributed by atoms with Gasteiger partial charge in [0.2, 0.25) is 0 Å². The fourth-order valence-corrected chi connectivity index (χ4v) is 5.89. The molecule has 2 aromatic heterocycles. The lowest BCUT2D eigenvalue weighted by molar-refractivity contribution is 0.103. The molecule has 0 radical (unpaired) electrons. The fourth-order valence-electron chi connectivity index (χ4n) is 3.64. The van der Waals surface area contributed by atoms with Gasteiger partial charge < -0.3 is 5.32 Å². The van der Waals surface area contributed by atoms with Crippen LogP contribution < -0.4 is 5.32 Å². The van der Waals surface area contributed by atoms with Crippen LogP contribution in [0.3, 0.4) is 0 Å². The number of nitrogens with one attached hydrogen (secondary N) is 1. The Hall–Kier alpha value is -2.94. The van der Waals surface area contributed by atoms with E-state index in [1.807, 2.05) is 17.5 Å². The van der Waals surface area contributed by atoms with E-state index >= 15 is 0 Å². The minimum Gasteiger partial charge on any atom is -0.312 e. The van der Waals surface area contributed by atoms with Crippen LogP contribution in [0.1, 0.15) is 58.3 Å². The zero-order valence-electron chi connectivity index (χ0n) is 18.1. The van der Waals surface area contributed by atoms with E-state index in [0.29, 0.717) is 21.9 Å². The number of hydrogen-bond acceptors (Lipinski definition) is 4. The first-order valence-electron chi connectivity index (χ1n) is 10.2. The van der Waals surface area contributed by atoms with Gasteiger partial charge >= 0.3 is 0 Å². The lowest BCUT2D eigenvalue weighted by Gasteiger charge is -2.17. The van der Waals surface area contributed by atoms with E-state index in [-0.39, 0.29) is 11.3 Å². The molecule has 0 aliphatic rings. The number of thiophene rings is 2. The number of carbonyl (C=O) groups is 1. The minimum absolute atomic E-state index is 0.151. The van der Waals surface area contributed by atoms with Crippen molar-refractivity contribution >= 4 is 43.7 Å². The predicted octanol–water partition coefficient (Wildman–Crippen LogP) is 7.28. The van der Waals surface area contributed by atoms with Crippen LogP contribution in [0.4, 0.5) is 5.00 Å². The van der Waals surface area contributed by atoms with Crippen LogP contribution in [-0.4, -0.2) is 5.91 Å². The van der Waals surface area contributed by atoms with Gasteiger partial charge in [-0.2, -0.15) is 5.26 Å². The SMILES string of the molecule is Cc1ccc(Cc2c(C(=O)Nc3scc(C(C)(C)C)c3C#N)sc3ccccc23)cc1. The van der Waals surface area contributed by atoms with Gasteiger partial charge in [0.15, 0.2) is 0 Å². The molecule has 3 nitrogen and oxygen atoms in total. The molecule has 31 heavy (non-hydrogen) atoms. The first-order chi connectivity index (χ1) is 14.8. The zero-order chi connectivity index (χ0) is 22.2. The van der Waals surface area contributed by atoms with Crippen LogP contribution >= 0.6 is 22.7 Å². The van der Waals surface area contributed by atoms with E-state index in [0.717, 1.165) is 21.2 Å². The molecule has 0 atom stereocenters. The summed E-state index contributed by atoms with van der Waals surface area (Å²) in [7, 11) is 0. The molecule has 0 saturated carbocycles. The Kier molecular flexibility index (Phi) is 5.70. The van der Waals surface area contributed by atoms with E-state index in [4.69, 9.17) is 0 Å². The standard InChI is InChI=1S/C26H24N2OS2/c1-16-9-11-17(12-10-16)13-19-18-7-5-6-8-22(18)31-23(19)24(29)28-25-20(14-27)21(15-30-25)26(2,3)4/h5-12,15H,13H2,1-4H3,(H,28,29). The highest BCUT2D eigenvalue weighted by atomic mass is 32.1. The van der Waals surface area contributed by atoms with E-state index in [9.17, 15) is 10.1 Å². The topological polar surface area (TPSA) is 52.9 Å². The zero-order valence-corrected chi connectivity index (χ0v) is 19.7. The number of nitrogens with zero attached hydrogens (tertiary/aromatic N) is 1. The number of rotatable bonds is 4. The average Bonchev–Trinajstić information content (AvgIpc) is 3.31. The van der Waals surface area contributed by atoms with Crippen molar-refractivity contribution < 1.29 is 4.79 Å². The van der Waals surface area contributed by atoms with Gasteiger partial charge in [-0.25, -0.2) is 0 Å². The van der Waals surface area contributed by atoms with Gasteiger partial charge in [0.25, 0.3) is 5.91 Å². The Labute approximate surface area is 191 Å². The average molecular weight is 445 g/mol. The monoisotopic (exact) mass is 444 g/mol. The Morgan fingerprint density at radius 1 is 1.10 bits per heavy atom. The number of benzene rings is 2. The van der Waals surface area contributed by atoms with Crippen molar-refractivity contribution in [3.05, 3.63) is 86.6 Å². The molecule has 5 heteroatoms. The second-order valence-corrected chi connectivity index (χ2v) is 10.7. The highest BCUT2D eigenvalue weighted by molar-refractivity contribution is 7.21. The van der Waals surface area contributed by atoms with Gasteiger partial charge in [-0.1, -0.05) is 68.8 Å². The maximum atomic E-state index is 13.4. The molecule has 0 aliphatic heterocycles. The molecule has 1 N–H and O–H groups in total. The van der Waals surface area contributed by atoms with E-state index in [1.54, 1.807) is 0 Å². The first-order valence-corrected chi connectivity index (χ1v) is 11.9. The first kappa shape index (κ1) is 21.3. The Balaban J connectivity index is 1.73. The summed E-state index contributed by atoms with van der Waals surface area (Å²) >= 11 is 2.93. The quantitative estimate of drug-likeness (QED) is 0.359. The molecule has 4 aromatic rings. The van der Waals surface area contributed by atoms with Crippen molar-refractivity contribution in [1.82, 2.24) is 0 Å². The van der Waals surface area contributed by atoms with Crippen LogP contribution in [0.2, 0.25) is 0 Å². The lowest BCUT2D eigenvalue weighted by Crippen LogP contribution is -2.14. The normalized spacial score (nSPS) is 11.5. The third-order valence-corrected chi connectivity index (χ3v) is 7.45.